The Labute approximate surface area is 179 Å². The topological polar surface area (TPSA) is 80.8 Å². The lowest BCUT2D eigenvalue weighted by Gasteiger charge is -2.15. The number of benzene rings is 2. The fourth-order valence-electron chi connectivity index (χ4n) is 2.52. The zero-order chi connectivity index (χ0) is 21.5. The molecule has 0 unspecified atom stereocenters. The number of rotatable bonds is 8. The van der Waals surface area contributed by atoms with E-state index < -0.39 is 18.0 Å². The molecule has 0 radical (unpaired) electrons. The van der Waals surface area contributed by atoms with Gasteiger partial charge in [0.25, 0.3) is 5.91 Å². The molecule has 0 spiro atoms. The molecule has 1 atom stereocenters. The smallest absolute Gasteiger partial charge is 0.338 e. The molecule has 0 aliphatic rings. The summed E-state index contributed by atoms with van der Waals surface area (Å²) in [6.45, 7) is 1.90. The number of carbonyl (C=O) groups is 2. The van der Waals surface area contributed by atoms with Gasteiger partial charge in [-0.2, -0.15) is 0 Å². The average molecular weight is 426 g/mol. The highest BCUT2D eigenvalue weighted by Crippen LogP contribution is 2.17. The van der Waals surface area contributed by atoms with Crippen LogP contribution >= 0.6 is 11.3 Å². The van der Waals surface area contributed by atoms with Crippen molar-refractivity contribution in [2.24, 2.45) is 0 Å². The van der Waals surface area contributed by atoms with Crippen LogP contribution in [0.2, 0.25) is 0 Å². The van der Waals surface area contributed by atoms with E-state index in [0.29, 0.717) is 23.6 Å². The second-order valence-corrected chi connectivity index (χ2v) is 7.49. The summed E-state index contributed by atoms with van der Waals surface area (Å²) < 4.78 is 10.9. The Morgan fingerprint density at radius 2 is 1.80 bits per heavy atom. The van der Waals surface area contributed by atoms with Gasteiger partial charge in [-0.3, -0.25) is 4.79 Å². The number of aromatic nitrogens is 1. The van der Waals surface area contributed by atoms with Crippen molar-refractivity contribution in [1.29, 1.82) is 0 Å². The van der Waals surface area contributed by atoms with E-state index >= 15 is 0 Å². The standard InChI is InChI=1S/C22H23N3O4S/c1-15(21(26)24-17-6-8-19(9-7-17)25(2)3)29-22(27)16-4-10-20(11-5-16)28-12-18-13-30-14-23-18/h4-11,13-15H,12H2,1-3H3,(H,24,26)/t15-/m1/s1. The van der Waals surface area contributed by atoms with Crippen LogP contribution in [0.4, 0.5) is 11.4 Å². The number of carbonyl (C=O) groups excluding carboxylic acids is 2. The van der Waals surface area contributed by atoms with Gasteiger partial charge < -0.3 is 19.7 Å². The van der Waals surface area contributed by atoms with E-state index in [1.54, 1.807) is 41.9 Å². The molecule has 2 aromatic carbocycles. The van der Waals surface area contributed by atoms with E-state index in [4.69, 9.17) is 9.47 Å². The number of nitrogens with zero attached hydrogens (tertiary/aromatic N) is 2. The number of hydrogen-bond donors (Lipinski definition) is 1. The molecule has 8 heteroatoms. The summed E-state index contributed by atoms with van der Waals surface area (Å²) in [5.41, 5.74) is 4.58. The van der Waals surface area contributed by atoms with E-state index in [0.717, 1.165) is 11.4 Å². The first-order valence-electron chi connectivity index (χ1n) is 9.31. The maximum Gasteiger partial charge on any atom is 0.338 e. The minimum atomic E-state index is -0.938. The SMILES string of the molecule is C[C@@H](OC(=O)c1ccc(OCc2cscn2)cc1)C(=O)Nc1ccc(N(C)C)cc1. The van der Waals surface area contributed by atoms with Crippen LogP contribution in [0.3, 0.4) is 0 Å². The number of amides is 1. The van der Waals surface area contributed by atoms with Gasteiger partial charge in [-0.05, 0) is 55.5 Å². The number of esters is 1. The van der Waals surface area contributed by atoms with Crippen molar-refractivity contribution in [3.05, 3.63) is 70.7 Å². The Kier molecular flexibility index (Phi) is 7.03. The molecule has 3 aromatic rings. The van der Waals surface area contributed by atoms with Gasteiger partial charge in [-0.15, -0.1) is 11.3 Å². The third kappa shape index (κ3) is 5.81. The Balaban J connectivity index is 1.50. The summed E-state index contributed by atoms with van der Waals surface area (Å²) in [4.78, 5) is 30.8. The zero-order valence-electron chi connectivity index (χ0n) is 17.0. The molecule has 0 aliphatic carbocycles. The lowest BCUT2D eigenvalue weighted by molar-refractivity contribution is -0.123. The van der Waals surface area contributed by atoms with Crippen molar-refractivity contribution < 1.29 is 19.1 Å². The van der Waals surface area contributed by atoms with Gasteiger partial charge in [0, 0.05) is 30.9 Å². The van der Waals surface area contributed by atoms with Gasteiger partial charge in [0.1, 0.15) is 12.4 Å². The number of nitrogens with one attached hydrogen (secondary N) is 1. The molecule has 0 bridgehead atoms. The molecule has 3 rings (SSSR count). The van der Waals surface area contributed by atoms with Crippen LogP contribution in [-0.2, 0) is 16.1 Å². The lowest BCUT2D eigenvalue weighted by atomic mass is 10.2. The molecular weight excluding hydrogens is 402 g/mol. The van der Waals surface area contributed by atoms with E-state index in [9.17, 15) is 9.59 Å². The number of thiazole rings is 1. The number of hydrogen-bond acceptors (Lipinski definition) is 7. The summed E-state index contributed by atoms with van der Waals surface area (Å²) in [6.07, 6.45) is -0.938. The zero-order valence-corrected chi connectivity index (χ0v) is 17.8. The quantitative estimate of drug-likeness (QED) is 0.550. The second kappa shape index (κ2) is 9.89. The maximum atomic E-state index is 12.3. The van der Waals surface area contributed by atoms with Gasteiger partial charge in [0.05, 0.1) is 16.8 Å². The monoisotopic (exact) mass is 425 g/mol. The highest BCUT2D eigenvalue weighted by molar-refractivity contribution is 7.07. The summed E-state index contributed by atoms with van der Waals surface area (Å²) in [5.74, 6) is -0.359. The molecule has 0 saturated heterocycles. The van der Waals surface area contributed by atoms with Crippen LogP contribution in [0.1, 0.15) is 23.0 Å². The summed E-state index contributed by atoms with van der Waals surface area (Å²) >= 11 is 1.50. The molecule has 1 amide bonds. The van der Waals surface area contributed by atoms with Crippen molar-refractivity contribution in [1.82, 2.24) is 4.98 Å². The maximum absolute atomic E-state index is 12.3. The fraction of sp³-hybridized carbons (Fsp3) is 0.227. The molecular formula is C22H23N3O4S. The van der Waals surface area contributed by atoms with Gasteiger partial charge >= 0.3 is 5.97 Å². The Bertz CT molecular complexity index is 971. The molecule has 7 nitrogen and oxygen atoms in total. The Morgan fingerprint density at radius 3 is 2.40 bits per heavy atom. The van der Waals surface area contributed by atoms with Gasteiger partial charge in [-0.25, -0.2) is 9.78 Å². The van der Waals surface area contributed by atoms with Crippen LogP contribution < -0.4 is 15.0 Å². The second-order valence-electron chi connectivity index (χ2n) is 6.77. The molecule has 1 N–H and O–H groups in total. The number of ether oxygens (including phenoxy) is 2. The first-order valence-corrected chi connectivity index (χ1v) is 10.3. The molecule has 156 valence electrons. The third-order valence-electron chi connectivity index (χ3n) is 4.26. The van der Waals surface area contributed by atoms with Crippen molar-refractivity contribution >= 4 is 34.6 Å². The summed E-state index contributed by atoms with van der Waals surface area (Å²) in [5, 5.41) is 4.66. The van der Waals surface area contributed by atoms with Crippen molar-refractivity contribution in [3.63, 3.8) is 0 Å². The first kappa shape index (κ1) is 21.3. The molecule has 0 fully saturated rings. The molecule has 1 aromatic heterocycles. The van der Waals surface area contributed by atoms with E-state index in [2.05, 4.69) is 10.3 Å². The molecule has 0 aliphatic heterocycles. The third-order valence-corrected chi connectivity index (χ3v) is 4.90. The molecule has 1 heterocycles. The Hall–Kier alpha value is -3.39. The van der Waals surface area contributed by atoms with Gasteiger partial charge in [0.15, 0.2) is 6.10 Å². The van der Waals surface area contributed by atoms with Gasteiger partial charge in [-0.1, -0.05) is 0 Å². The van der Waals surface area contributed by atoms with E-state index in [1.165, 1.54) is 18.3 Å². The van der Waals surface area contributed by atoms with E-state index in [1.807, 2.05) is 36.5 Å². The van der Waals surface area contributed by atoms with Crippen LogP contribution in [0.5, 0.6) is 5.75 Å². The highest BCUT2D eigenvalue weighted by atomic mass is 32.1. The lowest BCUT2D eigenvalue weighted by Crippen LogP contribution is -2.30. The average Bonchev–Trinajstić information content (AvgIpc) is 3.26. The highest BCUT2D eigenvalue weighted by Gasteiger charge is 2.19. The Morgan fingerprint density at radius 1 is 1.10 bits per heavy atom. The van der Waals surface area contributed by atoms with Crippen LogP contribution in [-0.4, -0.2) is 37.1 Å². The van der Waals surface area contributed by atoms with Crippen LogP contribution in [0, 0.1) is 0 Å². The predicted octanol–water partition coefficient (Wildman–Crippen LogP) is 3.97. The van der Waals surface area contributed by atoms with Crippen molar-refractivity contribution in [2.75, 3.05) is 24.3 Å². The van der Waals surface area contributed by atoms with Crippen LogP contribution in [0.25, 0.3) is 0 Å². The minimum Gasteiger partial charge on any atom is -0.487 e. The van der Waals surface area contributed by atoms with E-state index in [-0.39, 0.29) is 0 Å². The molecule has 30 heavy (non-hydrogen) atoms. The van der Waals surface area contributed by atoms with Crippen molar-refractivity contribution in [2.45, 2.75) is 19.6 Å². The normalized spacial score (nSPS) is 11.4. The first-order chi connectivity index (χ1) is 14.4. The summed E-state index contributed by atoms with van der Waals surface area (Å²) in [7, 11) is 3.88. The fourth-order valence-corrected chi connectivity index (χ4v) is 3.07. The van der Waals surface area contributed by atoms with Gasteiger partial charge in [0.2, 0.25) is 0 Å². The minimum absolute atomic E-state index is 0.339. The molecule has 0 saturated carbocycles. The predicted molar refractivity (Wildman–Crippen MR) is 117 cm³/mol. The van der Waals surface area contributed by atoms with Crippen LogP contribution in [0.15, 0.2) is 59.4 Å². The largest absolute Gasteiger partial charge is 0.487 e. The van der Waals surface area contributed by atoms with Crippen molar-refractivity contribution in [3.8, 4) is 5.75 Å². The number of anilines is 2. The summed E-state index contributed by atoms with van der Waals surface area (Å²) in [6, 6.07) is 13.9.